The molecule has 0 fully saturated rings. The van der Waals surface area contributed by atoms with Crippen molar-refractivity contribution in [1.29, 1.82) is 0 Å². The number of aliphatic hydroxyl groups excluding tert-OH is 2. The molecule has 39 heavy (non-hydrogen) atoms. The number of methoxy groups -OCH3 is 2. The fourth-order valence-corrected chi connectivity index (χ4v) is 4.41. The van der Waals surface area contributed by atoms with Crippen molar-refractivity contribution in [3.63, 3.8) is 0 Å². The highest BCUT2D eigenvalue weighted by molar-refractivity contribution is 5.79. The Morgan fingerprint density at radius 2 is 1.67 bits per heavy atom. The molecule has 1 amide bonds. The lowest BCUT2D eigenvalue weighted by molar-refractivity contribution is -0.128. The van der Waals surface area contributed by atoms with Crippen molar-refractivity contribution in [3.05, 3.63) is 23.8 Å². The lowest BCUT2D eigenvalue weighted by Gasteiger charge is -2.31. The monoisotopic (exact) mass is 553 g/mol. The van der Waals surface area contributed by atoms with Crippen molar-refractivity contribution in [2.45, 2.75) is 85.6 Å². The fourth-order valence-electron chi connectivity index (χ4n) is 4.41. The first kappa shape index (κ1) is 35.1. The average Bonchev–Trinajstić information content (AvgIpc) is 2.87. The summed E-state index contributed by atoms with van der Waals surface area (Å²) in [5.41, 5.74) is 12.6. The third-order valence-electron chi connectivity index (χ3n) is 7.64. The van der Waals surface area contributed by atoms with Crippen molar-refractivity contribution in [1.82, 2.24) is 5.32 Å². The van der Waals surface area contributed by atoms with Crippen LogP contribution in [-0.2, 0) is 16.0 Å². The van der Waals surface area contributed by atoms with Gasteiger partial charge in [-0.3, -0.25) is 4.79 Å². The molecule has 0 bridgehead atoms. The van der Waals surface area contributed by atoms with Gasteiger partial charge in [-0.1, -0.05) is 47.6 Å². The second-order valence-corrected chi connectivity index (χ2v) is 12.1. The van der Waals surface area contributed by atoms with Crippen molar-refractivity contribution in [2.24, 2.45) is 40.6 Å². The second kappa shape index (κ2) is 17.0. The number of nitrogens with two attached hydrogens (primary N) is 2. The first-order chi connectivity index (χ1) is 18.2. The smallest absolute Gasteiger partial charge is 0.223 e. The van der Waals surface area contributed by atoms with Gasteiger partial charge in [-0.2, -0.15) is 0 Å². The summed E-state index contributed by atoms with van der Waals surface area (Å²) in [5, 5.41) is 23.7. The van der Waals surface area contributed by atoms with E-state index in [1.54, 1.807) is 28.1 Å². The van der Waals surface area contributed by atoms with Crippen LogP contribution in [0, 0.1) is 29.1 Å². The van der Waals surface area contributed by atoms with Crippen LogP contribution in [0.3, 0.4) is 0 Å². The van der Waals surface area contributed by atoms with Crippen LogP contribution in [0.1, 0.15) is 66.4 Å². The maximum atomic E-state index is 13.0. The van der Waals surface area contributed by atoms with E-state index in [9.17, 15) is 15.0 Å². The summed E-state index contributed by atoms with van der Waals surface area (Å²) in [5.74, 6) is 1.39. The van der Waals surface area contributed by atoms with E-state index in [1.165, 1.54) is 0 Å². The number of ether oxygens (including phenoxy) is 3. The van der Waals surface area contributed by atoms with Crippen LogP contribution in [-0.4, -0.2) is 68.5 Å². The van der Waals surface area contributed by atoms with Gasteiger partial charge in [-0.25, -0.2) is 0 Å². The Balaban J connectivity index is 2.86. The molecule has 1 rings (SSSR count). The fraction of sp³-hybridized carbons (Fsp3) is 0.767. The van der Waals surface area contributed by atoms with Crippen LogP contribution < -0.4 is 26.3 Å². The quantitative estimate of drug-likeness (QED) is 0.130. The van der Waals surface area contributed by atoms with Gasteiger partial charge in [0, 0.05) is 44.1 Å². The Bertz CT molecular complexity index is 846. The van der Waals surface area contributed by atoms with Gasteiger partial charge in [-0.15, -0.1) is 0 Å². The Kier molecular flexibility index (Phi) is 15.3. The van der Waals surface area contributed by atoms with E-state index in [0.29, 0.717) is 37.1 Å². The van der Waals surface area contributed by atoms with E-state index in [-0.39, 0.29) is 30.7 Å². The molecule has 1 aromatic rings. The van der Waals surface area contributed by atoms with Crippen molar-refractivity contribution >= 4 is 5.91 Å². The Morgan fingerprint density at radius 1 is 1.00 bits per heavy atom. The second-order valence-electron chi connectivity index (χ2n) is 12.1. The molecule has 226 valence electrons. The maximum Gasteiger partial charge on any atom is 0.223 e. The summed E-state index contributed by atoms with van der Waals surface area (Å²) in [7, 11) is 3.30. The topological polar surface area (TPSA) is 149 Å². The van der Waals surface area contributed by atoms with Crippen LogP contribution in [0.5, 0.6) is 11.5 Å². The minimum Gasteiger partial charge on any atom is -0.493 e. The van der Waals surface area contributed by atoms with Crippen LogP contribution in [0.25, 0.3) is 0 Å². The van der Waals surface area contributed by atoms with Crippen LogP contribution in [0.15, 0.2) is 18.2 Å². The molecule has 0 saturated heterocycles. The normalized spacial score (nSPS) is 16.1. The molecule has 9 nitrogen and oxygen atoms in total. The highest BCUT2D eigenvalue weighted by Gasteiger charge is 2.32. The molecule has 5 atom stereocenters. The molecule has 0 spiro atoms. The highest BCUT2D eigenvalue weighted by atomic mass is 16.5. The molecule has 0 aliphatic heterocycles. The molecule has 0 radical (unpaired) electrons. The molecule has 0 aromatic heterocycles. The first-order valence-electron chi connectivity index (χ1n) is 14.2. The molecule has 0 aliphatic rings. The zero-order valence-electron chi connectivity index (χ0n) is 25.4. The van der Waals surface area contributed by atoms with Gasteiger partial charge in [0.05, 0.1) is 19.8 Å². The van der Waals surface area contributed by atoms with Crippen molar-refractivity contribution < 1.29 is 29.2 Å². The molecule has 1 unspecified atom stereocenters. The Hall–Kier alpha value is -1.91. The van der Waals surface area contributed by atoms with E-state index in [1.807, 2.05) is 32.0 Å². The summed E-state index contributed by atoms with van der Waals surface area (Å²) in [6.45, 7) is 13.2. The number of aliphatic hydroxyl groups is 2. The van der Waals surface area contributed by atoms with Crippen LogP contribution in [0.2, 0.25) is 0 Å². The largest absolute Gasteiger partial charge is 0.493 e. The molecule has 0 aliphatic carbocycles. The summed E-state index contributed by atoms with van der Waals surface area (Å²) in [4.78, 5) is 13.0. The Labute approximate surface area is 236 Å². The lowest BCUT2D eigenvalue weighted by atomic mass is 9.80. The van der Waals surface area contributed by atoms with E-state index in [2.05, 4.69) is 19.2 Å². The van der Waals surface area contributed by atoms with Gasteiger partial charge >= 0.3 is 0 Å². The number of benzene rings is 1. The van der Waals surface area contributed by atoms with Crippen molar-refractivity contribution in [2.75, 3.05) is 34.0 Å². The van der Waals surface area contributed by atoms with Crippen molar-refractivity contribution in [3.8, 4) is 11.5 Å². The molecule has 9 heteroatoms. The number of hydrogen-bond acceptors (Lipinski definition) is 8. The number of amides is 1. The third kappa shape index (κ3) is 12.0. The number of nitrogens with one attached hydrogen (secondary N) is 1. The average molecular weight is 554 g/mol. The summed E-state index contributed by atoms with van der Waals surface area (Å²) >= 11 is 0. The van der Waals surface area contributed by atoms with Crippen LogP contribution >= 0.6 is 0 Å². The number of carbonyl (C=O) groups is 1. The van der Waals surface area contributed by atoms with Gasteiger partial charge in [0.1, 0.15) is 6.23 Å². The zero-order chi connectivity index (χ0) is 29.8. The zero-order valence-corrected chi connectivity index (χ0v) is 25.4. The molecular formula is C30H55N3O6. The standard InChI is InChI=1S/C30H55N3O6/c1-19(2)22(14-21-10-11-26(38-8)27(15-21)39-13-9-12-37-7)16-24(31)25(34)17-23(20(3)4)28(35)33-18-30(5,6)29(32)36/h10-11,15,19-20,22-25,29,34,36H,9,12-14,16-18,31-32H2,1-8H3,(H,33,35)/t22-,23-,24+,25+,29?/m1/s1. The number of carbonyl (C=O) groups excluding carboxylic acids is 1. The summed E-state index contributed by atoms with van der Waals surface area (Å²) in [6.07, 6.45) is 0.574. The van der Waals surface area contributed by atoms with Gasteiger partial charge in [0.25, 0.3) is 0 Å². The lowest BCUT2D eigenvalue weighted by Crippen LogP contribution is -2.48. The summed E-state index contributed by atoms with van der Waals surface area (Å²) in [6, 6.07) is 5.50. The van der Waals surface area contributed by atoms with Gasteiger partial charge in [-0.05, 0) is 54.7 Å². The third-order valence-corrected chi connectivity index (χ3v) is 7.64. The first-order valence-corrected chi connectivity index (χ1v) is 14.2. The minimum absolute atomic E-state index is 0.0141. The Morgan fingerprint density at radius 3 is 2.21 bits per heavy atom. The van der Waals surface area contributed by atoms with Gasteiger partial charge in [0.2, 0.25) is 5.91 Å². The molecular weight excluding hydrogens is 498 g/mol. The van der Waals surface area contributed by atoms with Gasteiger partial charge in [0.15, 0.2) is 11.5 Å². The molecule has 1 aromatic carbocycles. The van der Waals surface area contributed by atoms with E-state index in [4.69, 9.17) is 25.7 Å². The van der Waals surface area contributed by atoms with E-state index >= 15 is 0 Å². The number of hydrogen-bond donors (Lipinski definition) is 5. The predicted molar refractivity (Wildman–Crippen MR) is 156 cm³/mol. The van der Waals surface area contributed by atoms with E-state index in [0.717, 1.165) is 18.4 Å². The maximum absolute atomic E-state index is 13.0. The summed E-state index contributed by atoms with van der Waals surface area (Å²) < 4.78 is 16.5. The molecule has 7 N–H and O–H groups in total. The predicted octanol–water partition coefficient (Wildman–Crippen LogP) is 3.09. The number of rotatable bonds is 19. The van der Waals surface area contributed by atoms with Crippen LogP contribution in [0.4, 0.5) is 0 Å². The SMILES string of the molecule is COCCCOc1cc(C[C@H](C[C@H](N)[C@@H](O)C[C@@H](C(=O)NCC(C)(C)C(N)O)C(C)C)C(C)C)ccc1OC. The minimum atomic E-state index is -1.05. The molecule has 0 heterocycles. The van der Waals surface area contributed by atoms with E-state index < -0.39 is 29.7 Å². The van der Waals surface area contributed by atoms with Gasteiger partial charge < -0.3 is 41.2 Å². The molecule has 0 saturated carbocycles. The highest BCUT2D eigenvalue weighted by Crippen LogP contribution is 2.32.